The Kier molecular flexibility index (Phi) is 10.3. The minimum absolute atomic E-state index is 0.0211. The molecule has 0 spiro atoms. The van der Waals surface area contributed by atoms with Crippen LogP contribution < -0.4 is 14.4 Å². The van der Waals surface area contributed by atoms with Crippen LogP contribution in [0.5, 0.6) is 12.0 Å². The van der Waals surface area contributed by atoms with Crippen molar-refractivity contribution >= 4 is 51.0 Å². The number of carbonyl (C=O) groups excluding carboxylic acids is 2. The van der Waals surface area contributed by atoms with Crippen LogP contribution >= 0.6 is 0 Å². The first-order valence-corrected chi connectivity index (χ1v) is 18.8. The fourth-order valence-electron chi connectivity index (χ4n) is 7.14. The van der Waals surface area contributed by atoms with Crippen LogP contribution in [-0.4, -0.2) is 97.8 Å². The number of ether oxygens (including phenoxy) is 4. The molecule has 5 aromatic rings. The monoisotopic (exact) mass is 742 g/mol. The highest BCUT2D eigenvalue weighted by Crippen LogP contribution is 2.39. The number of hydrogen-bond acceptors (Lipinski definition) is 12. The molecule has 1 N–H and O–H groups in total. The van der Waals surface area contributed by atoms with Gasteiger partial charge in [-0.15, -0.1) is 0 Å². The van der Waals surface area contributed by atoms with Crippen molar-refractivity contribution in [2.24, 2.45) is 0 Å². The second-order valence-corrected chi connectivity index (χ2v) is 16.0. The van der Waals surface area contributed by atoms with Crippen LogP contribution in [0, 0.1) is 0 Å². The molecule has 0 bridgehead atoms. The van der Waals surface area contributed by atoms with Gasteiger partial charge in [0.2, 0.25) is 0 Å². The van der Waals surface area contributed by atoms with Crippen LogP contribution in [0.4, 0.5) is 10.6 Å². The highest BCUT2D eigenvalue weighted by atomic mass is 16.6. The van der Waals surface area contributed by atoms with Crippen molar-refractivity contribution in [1.29, 1.82) is 0 Å². The number of para-hydroxylation sites is 3. The standard InChI is InChI=1S/C40H50N6O8/c1-39(2,3)53-35(48)30-23-26(24-45(30)34-33-32(27-13-7-10-16-31(27)52-33)42-36(43-34)50-22-12-11-21-47)51-37-41-28-14-8-9-15-29(28)46(37)25-17-19-44(20-18-25)38(49)54-40(4,5)6/h7-10,13-16,25-26,30,47H,11-12,17-24H2,1-6H3/t26-,30-/m0/s1. The number of likely N-dealkylation sites (tertiary alicyclic amines) is 1. The van der Waals surface area contributed by atoms with Crippen LogP contribution in [0.15, 0.2) is 52.9 Å². The Morgan fingerprint density at radius 2 is 1.63 bits per heavy atom. The number of aromatic nitrogens is 4. The smallest absolute Gasteiger partial charge is 0.410 e. The van der Waals surface area contributed by atoms with Gasteiger partial charge in [-0.25, -0.2) is 9.59 Å². The molecule has 2 atom stereocenters. The summed E-state index contributed by atoms with van der Waals surface area (Å²) in [5.74, 6) is -0.0109. The number of esters is 1. The fourth-order valence-corrected chi connectivity index (χ4v) is 7.14. The van der Waals surface area contributed by atoms with E-state index in [9.17, 15) is 14.7 Å². The van der Waals surface area contributed by atoms with Crippen molar-refractivity contribution < 1.29 is 38.1 Å². The lowest BCUT2D eigenvalue weighted by atomic mass is 10.0. The molecule has 0 radical (unpaired) electrons. The van der Waals surface area contributed by atoms with Gasteiger partial charge in [0.25, 0.3) is 6.01 Å². The minimum Gasteiger partial charge on any atom is -0.463 e. The molecule has 2 aromatic carbocycles. The van der Waals surface area contributed by atoms with Gasteiger partial charge in [0.15, 0.2) is 11.4 Å². The fraction of sp³-hybridized carbons (Fsp3) is 0.525. The molecular weight excluding hydrogens is 692 g/mol. The number of benzene rings is 2. The summed E-state index contributed by atoms with van der Waals surface area (Å²) in [6, 6.07) is 15.4. The molecule has 1 amide bonds. The van der Waals surface area contributed by atoms with E-state index in [2.05, 4.69) is 4.57 Å². The first kappa shape index (κ1) is 37.2. The summed E-state index contributed by atoms with van der Waals surface area (Å²) in [6.45, 7) is 12.9. The molecule has 0 saturated carbocycles. The van der Waals surface area contributed by atoms with Gasteiger partial charge < -0.3 is 38.3 Å². The average molecular weight is 743 g/mol. The van der Waals surface area contributed by atoms with Gasteiger partial charge >= 0.3 is 18.1 Å². The summed E-state index contributed by atoms with van der Waals surface area (Å²) in [5.41, 5.74) is 2.06. The third-order valence-corrected chi connectivity index (χ3v) is 9.50. The van der Waals surface area contributed by atoms with Gasteiger partial charge in [-0.05, 0) is 91.5 Å². The molecule has 2 aliphatic heterocycles. The first-order chi connectivity index (χ1) is 25.8. The largest absolute Gasteiger partial charge is 0.463 e. The number of amides is 1. The number of fused-ring (bicyclic) bond motifs is 4. The van der Waals surface area contributed by atoms with Crippen LogP contribution in [0.3, 0.4) is 0 Å². The summed E-state index contributed by atoms with van der Waals surface area (Å²) in [6.07, 6.45) is 2.10. The number of aliphatic hydroxyl groups excluding tert-OH is 1. The minimum atomic E-state index is -0.766. The van der Waals surface area contributed by atoms with Crippen molar-refractivity contribution in [2.45, 2.75) is 103 Å². The number of anilines is 1. The Hall–Kier alpha value is -5.11. The second kappa shape index (κ2) is 15.0. The summed E-state index contributed by atoms with van der Waals surface area (Å²) in [5, 5.41) is 10.1. The third-order valence-electron chi connectivity index (χ3n) is 9.50. The van der Waals surface area contributed by atoms with E-state index in [1.54, 1.807) is 4.90 Å². The number of aliphatic hydroxyl groups is 1. The Morgan fingerprint density at radius 3 is 2.37 bits per heavy atom. The van der Waals surface area contributed by atoms with Crippen LogP contribution in [0.2, 0.25) is 0 Å². The number of furan rings is 1. The van der Waals surface area contributed by atoms with Crippen molar-refractivity contribution in [3.8, 4) is 12.0 Å². The van der Waals surface area contributed by atoms with E-state index < -0.39 is 29.3 Å². The zero-order chi connectivity index (χ0) is 38.2. The normalized spacial score (nSPS) is 18.5. The quantitative estimate of drug-likeness (QED) is 0.118. The Labute approximate surface area is 314 Å². The molecule has 5 heterocycles. The number of imidazole rings is 1. The SMILES string of the molecule is CC(C)(C)OC(=O)[C@@H]1C[C@H](Oc2nc3ccccc3n2C2CCN(C(=O)OC(C)(C)C)CC2)CN1c1nc(OCCCCO)nc2c1oc1ccccc12. The molecular formula is C40H50N6O8. The Morgan fingerprint density at radius 1 is 0.907 bits per heavy atom. The van der Waals surface area contributed by atoms with Crippen LogP contribution in [0.25, 0.3) is 33.1 Å². The molecule has 54 heavy (non-hydrogen) atoms. The van der Waals surface area contributed by atoms with E-state index in [0.29, 0.717) is 80.3 Å². The van der Waals surface area contributed by atoms with E-state index in [4.69, 9.17) is 38.3 Å². The van der Waals surface area contributed by atoms with Gasteiger partial charge in [-0.1, -0.05) is 24.3 Å². The molecule has 2 aliphatic rings. The van der Waals surface area contributed by atoms with E-state index in [1.165, 1.54) is 0 Å². The maximum atomic E-state index is 14.0. The van der Waals surface area contributed by atoms with Gasteiger partial charge in [0.05, 0.1) is 24.2 Å². The van der Waals surface area contributed by atoms with Gasteiger partial charge in [0.1, 0.15) is 34.4 Å². The topological polar surface area (TPSA) is 155 Å². The highest BCUT2D eigenvalue weighted by molar-refractivity contribution is 6.06. The van der Waals surface area contributed by atoms with Gasteiger partial charge in [0, 0.05) is 37.5 Å². The molecule has 14 heteroatoms. The maximum Gasteiger partial charge on any atom is 0.410 e. The molecule has 288 valence electrons. The predicted octanol–water partition coefficient (Wildman–Crippen LogP) is 6.82. The van der Waals surface area contributed by atoms with Crippen LogP contribution in [0.1, 0.15) is 79.7 Å². The van der Waals surface area contributed by atoms with E-state index in [-0.39, 0.29) is 31.3 Å². The van der Waals surface area contributed by atoms with E-state index >= 15 is 0 Å². The van der Waals surface area contributed by atoms with Crippen molar-refractivity contribution in [3.05, 3.63) is 48.5 Å². The van der Waals surface area contributed by atoms with Crippen molar-refractivity contribution in [1.82, 2.24) is 24.4 Å². The molecule has 14 nitrogen and oxygen atoms in total. The average Bonchev–Trinajstić information content (AvgIpc) is 3.82. The van der Waals surface area contributed by atoms with E-state index in [0.717, 1.165) is 16.4 Å². The summed E-state index contributed by atoms with van der Waals surface area (Å²) in [7, 11) is 0. The lowest BCUT2D eigenvalue weighted by Gasteiger charge is -2.34. The molecule has 0 aliphatic carbocycles. The molecule has 3 aromatic heterocycles. The number of hydrogen-bond donors (Lipinski definition) is 1. The van der Waals surface area contributed by atoms with Crippen molar-refractivity contribution in [3.63, 3.8) is 0 Å². The predicted molar refractivity (Wildman–Crippen MR) is 203 cm³/mol. The van der Waals surface area contributed by atoms with Gasteiger partial charge in [-0.2, -0.15) is 15.0 Å². The van der Waals surface area contributed by atoms with E-state index in [1.807, 2.05) is 95.0 Å². The Balaban J connectivity index is 1.22. The number of unbranched alkanes of at least 4 members (excludes halogenated alkanes) is 1. The molecule has 7 rings (SSSR count). The zero-order valence-electron chi connectivity index (χ0n) is 31.9. The Bertz CT molecular complexity index is 2120. The van der Waals surface area contributed by atoms with Crippen molar-refractivity contribution in [2.75, 3.05) is 37.7 Å². The second-order valence-electron chi connectivity index (χ2n) is 16.0. The van der Waals surface area contributed by atoms with Gasteiger partial charge in [-0.3, -0.25) is 4.57 Å². The number of carbonyl (C=O) groups is 2. The first-order valence-electron chi connectivity index (χ1n) is 18.8. The lowest BCUT2D eigenvalue weighted by Crippen LogP contribution is -2.42. The highest BCUT2D eigenvalue weighted by Gasteiger charge is 2.44. The lowest BCUT2D eigenvalue weighted by molar-refractivity contribution is -0.156. The van der Waals surface area contributed by atoms with Crippen LogP contribution in [-0.2, 0) is 14.3 Å². The number of nitrogens with zero attached hydrogens (tertiary/aromatic N) is 6. The number of piperidine rings is 1. The summed E-state index contributed by atoms with van der Waals surface area (Å²) < 4.78 is 32.9. The molecule has 2 saturated heterocycles. The molecule has 2 fully saturated rings. The number of rotatable bonds is 10. The zero-order valence-corrected chi connectivity index (χ0v) is 31.9. The third kappa shape index (κ3) is 8.03. The summed E-state index contributed by atoms with van der Waals surface area (Å²) in [4.78, 5) is 45.0. The molecule has 0 unspecified atom stereocenters. The summed E-state index contributed by atoms with van der Waals surface area (Å²) >= 11 is 0. The maximum absolute atomic E-state index is 14.0.